The number of nitrogens with zero attached hydrogens (tertiary/aromatic N) is 3. The lowest BCUT2D eigenvalue weighted by Gasteiger charge is -2.19. The molecule has 1 atom stereocenters. The van der Waals surface area contributed by atoms with E-state index in [1.807, 2.05) is 0 Å². The number of alkyl halides is 3. The molecule has 0 radical (unpaired) electrons. The molecule has 26 heavy (non-hydrogen) atoms. The van der Waals surface area contributed by atoms with Crippen LogP contribution in [0.4, 0.5) is 17.6 Å². The van der Waals surface area contributed by atoms with Crippen molar-refractivity contribution in [3.63, 3.8) is 0 Å². The van der Waals surface area contributed by atoms with Crippen LogP contribution in [0.1, 0.15) is 30.0 Å². The summed E-state index contributed by atoms with van der Waals surface area (Å²) in [6, 6.07) is 1.21. The monoisotopic (exact) mass is 377 g/mol. The molecule has 0 aliphatic rings. The summed E-state index contributed by atoms with van der Waals surface area (Å²) in [5.74, 6) is -3.24. The summed E-state index contributed by atoms with van der Waals surface area (Å²) in [6.45, 7) is 2.38. The summed E-state index contributed by atoms with van der Waals surface area (Å²) in [6.07, 6.45) is -6.76. The number of hydrogen-bond acceptors (Lipinski definition) is 4. The Bertz CT molecular complexity index is 902. The number of aromatic nitrogens is 3. The van der Waals surface area contributed by atoms with Crippen molar-refractivity contribution in [3.05, 3.63) is 39.8 Å². The summed E-state index contributed by atoms with van der Waals surface area (Å²) >= 11 is 0. The third-order valence-electron chi connectivity index (χ3n) is 3.66. The van der Waals surface area contributed by atoms with Crippen LogP contribution in [0.5, 0.6) is 5.75 Å². The van der Waals surface area contributed by atoms with E-state index in [9.17, 15) is 27.2 Å². The molecule has 0 saturated heterocycles. The summed E-state index contributed by atoms with van der Waals surface area (Å²) in [4.78, 5) is 23.4. The number of hydrogen-bond donors (Lipinski definition) is 1. The number of aromatic carboxylic acids is 1. The molecule has 11 heteroatoms. The van der Waals surface area contributed by atoms with Gasteiger partial charge in [0.15, 0.2) is 6.10 Å². The molecule has 7 nitrogen and oxygen atoms in total. The van der Waals surface area contributed by atoms with Gasteiger partial charge in [-0.25, -0.2) is 14.0 Å². The van der Waals surface area contributed by atoms with Crippen molar-refractivity contribution >= 4 is 5.97 Å². The van der Waals surface area contributed by atoms with E-state index in [1.165, 1.54) is 7.05 Å². The van der Waals surface area contributed by atoms with Crippen molar-refractivity contribution in [1.29, 1.82) is 0 Å². The van der Waals surface area contributed by atoms with Crippen LogP contribution in [0.25, 0.3) is 5.69 Å². The number of carboxylic acid groups (broad SMARTS) is 1. The Hall–Kier alpha value is -2.85. The molecule has 1 heterocycles. The van der Waals surface area contributed by atoms with Crippen molar-refractivity contribution in [1.82, 2.24) is 14.3 Å². The van der Waals surface area contributed by atoms with E-state index in [0.29, 0.717) is 29.9 Å². The Balaban J connectivity index is 2.64. The molecule has 0 aliphatic heterocycles. The second kappa shape index (κ2) is 6.81. The van der Waals surface area contributed by atoms with Crippen molar-refractivity contribution in [3.8, 4) is 11.4 Å². The van der Waals surface area contributed by atoms with Crippen LogP contribution >= 0.6 is 0 Å². The molecule has 142 valence electrons. The minimum Gasteiger partial charge on any atom is -0.480 e. The van der Waals surface area contributed by atoms with Gasteiger partial charge in [0.2, 0.25) is 0 Å². The minimum atomic E-state index is -4.76. The van der Waals surface area contributed by atoms with Crippen molar-refractivity contribution in [2.75, 3.05) is 0 Å². The van der Waals surface area contributed by atoms with Gasteiger partial charge in [-0.05, 0) is 13.0 Å². The number of carboxylic acids is 1. The van der Waals surface area contributed by atoms with E-state index < -0.39 is 46.8 Å². The van der Waals surface area contributed by atoms with Gasteiger partial charge in [-0.1, -0.05) is 6.92 Å². The topological polar surface area (TPSA) is 86.4 Å². The summed E-state index contributed by atoms with van der Waals surface area (Å²) in [5.41, 5.74) is -2.06. The van der Waals surface area contributed by atoms with Crippen LogP contribution in [0.3, 0.4) is 0 Å². The second-order valence-corrected chi connectivity index (χ2v) is 5.43. The quantitative estimate of drug-likeness (QED) is 0.808. The summed E-state index contributed by atoms with van der Waals surface area (Å²) in [7, 11) is 1.40. The Morgan fingerprint density at radius 2 is 2.00 bits per heavy atom. The Morgan fingerprint density at radius 3 is 2.46 bits per heavy atom. The first-order valence-corrected chi connectivity index (χ1v) is 7.42. The standard InChI is InChI=1S/C15H15F4N3O4/c1-4-12-20-22(14(25)21(12)3)10-6-11(26-7(2)15(17,18)19)8(13(23)24)5-9(10)16/h5-7H,4H2,1-3H3,(H,23,24). The number of ether oxygens (including phenoxy) is 1. The van der Waals surface area contributed by atoms with Gasteiger partial charge in [-0.3, -0.25) is 4.57 Å². The van der Waals surface area contributed by atoms with Gasteiger partial charge in [-0.15, -0.1) is 5.10 Å². The molecule has 1 aromatic carbocycles. The van der Waals surface area contributed by atoms with Crippen LogP contribution < -0.4 is 10.4 Å². The fourth-order valence-electron chi connectivity index (χ4n) is 2.17. The van der Waals surface area contributed by atoms with Crippen molar-refractivity contribution in [2.45, 2.75) is 32.5 Å². The highest BCUT2D eigenvalue weighted by molar-refractivity contribution is 5.91. The summed E-state index contributed by atoms with van der Waals surface area (Å²) in [5, 5.41) is 13.0. The van der Waals surface area contributed by atoms with Crippen LogP contribution in [0.2, 0.25) is 0 Å². The third-order valence-corrected chi connectivity index (χ3v) is 3.66. The average molecular weight is 377 g/mol. The normalized spacial score (nSPS) is 12.9. The van der Waals surface area contributed by atoms with Gasteiger partial charge in [0, 0.05) is 19.5 Å². The molecular formula is C15H15F4N3O4. The zero-order valence-electron chi connectivity index (χ0n) is 14.0. The van der Waals surface area contributed by atoms with Gasteiger partial charge in [0.1, 0.15) is 28.6 Å². The maximum absolute atomic E-state index is 14.3. The van der Waals surface area contributed by atoms with E-state index in [2.05, 4.69) is 9.84 Å². The average Bonchev–Trinajstić information content (AvgIpc) is 2.82. The molecule has 1 unspecified atom stereocenters. The lowest BCUT2D eigenvalue weighted by Crippen LogP contribution is -2.32. The molecule has 0 amide bonds. The number of benzene rings is 1. The molecule has 1 N–H and O–H groups in total. The fraction of sp³-hybridized carbons (Fsp3) is 0.400. The Labute approximate surface area is 144 Å². The zero-order chi connectivity index (χ0) is 19.8. The van der Waals surface area contributed by atoms with Gasteiger partial charge < -0.3 is 9.84 Å². The molecule has 0 saturated carbocycles. The third kappa shape index (κ3) is 3.55. The van der Waals surface area contributed by atoms with E-state index in [1.54, 1.807) is 6.92 Å². The second-order valence-electron chi connectivity index (χ2n) is 5.43. The van der Waals surface area contributed by atoms with Crippen LogP contribution in [-0.4, -0.2) is 37.7 Å². The number of carbonyl (C=O) groups is 1. The van der Waals surface area contributed by atoms with E-state index in [4.69, 9.17) is 5.11 Å². The molecule has 2 aromatic rings. The lowest BCUT2D eigenvalue weighted by atomic mass is 10.1. The van der Waals surface area contributed by atoms with E-state index in [-0.39, 0.29) is 0 Å². The lowest BCUT2D eigenvalue weighted by molar-refractivity contribution is -0.189. The first kappa shape index (κ1) is 19.5. The highest BCUT2D eigenvalue weighted by atomic mass is 19.4. The maximum atomic E-state index is 14.3. The molecular weight excluding hydrogens is 362 g/mol. The predicted molar refractivity (Wildman–Crippen MR) is 81.2 cm³/mol. The zero-order valence-corrected chi connectivity index (χ0v) is 14.0. The van der Waals surface area contributed by atoms with E-state index >= 15 is 0 Å². The number of aryl methyl sites for hydroxylation is 1. The van der Waals surface area contributed by atoms with Crippen molar-refractivity contribution < 1.29 is 32.2 Å². The van der Waals surface area contributed by atoms with Gasteiger partial charge in [0.25, 0.3) is 0 Å². The smallest absolute Gasteiger partial charge is 0.425 e. The fourth-order valence-corrected chi connectivity index (χ4v) is 2.17. The SMILES string of the molecule is CCc1nn(-c2cc(OC(C)C(F)(F)F)c(C(=O)O)cc2F)c(=O)n1C. The summed E-state index contributed by atoms with van der Waals surface area (Å²) < 4.78 is 58.9. The largest absolute Gasteiger partial charge is 0.480 e. The Kier molecular flexibility index (Phi) is 5.10. The molecule has 0 bridgehead atoms. The first-order chi connectivity index (χ1) is 12.0. The predicted octanol–water partition coefficient (Wildman–Crippen LogP) is 2.30. The highest BCUT2D eigenvalue weighted by Crippen LogP contribution is 2.30. The highest BCUT2D eigenvalue weighted by Gasteiger charge is 2.39. The van der Waals surface area contributed by atoms with Gasteiger partial charge >= 0.3 is 17.8 Å². The van der Waals surface area contributed by atoms with Crippen molar-refractivity contribution in [2.24, 2.45) is 7.05 Å². The number of rotatable bonds is 5. The van der Waals surface area contributed by atoms with Crippen LogP contribution in [0, 0.1) is 5.82 Å². The maximum Gasteiger partial charge on any atom is 0.425 e. The molecule has 1 aromatic heterocycles. The molecule has 0 aliphatic carbocycles. The minimum absolute atomic E-state index is 0.308. The molecule has 0 spiro atoms. The first-order valence-electron chi connectivity index (χ1n) is 7.42. The number of halogens is 4. The van der Waals surface area contributed by atoms with Crippen LogP contribution in [0.15, 0.2) is 16.9 Å². The molecule has 2 rings (SSSR count). The van der Waals surface area contributed by atoms with Gasteiger partial charge in [0.05, 0.1) is 0 Å². The molecule has 0 fully saturated rings. The van der Waals surface area contributed by atoms with Gasteiger partial charge in [-0.2, -0.15) is 17.9 Å². The van der Waals surface area contributed by atoms with Crippen LogP contribution in [-0.2, 0) is 13.5 Å². The van der Waals surface area contributed by atoms with E-state index in [0.717, 1.165) is 10.6 Å². The Morgan fingerprint density at radius 1 is 1.38 bits per heavy atom.